The van der Waals surface area contributed by atoms with E-state index in [2.05, 4.69) is 15.9 Å². The molecule has 0 bridgehead atoms. The summed E-state index contributed by atoms with van der Waals surface area (Å²) in [7, 11) is -1.10. The Labute approximate surface area is 125 Å². The van der Waals surface area contributed by atoms with Crippen molar-refractivity contribution in [1.82, 2.24) is 0 Å². The van der Waals surface area contributed by atoms with Crippen molar-refractivity contribution in [2.75, 3.05) is 0 Å². The predicted molar refractivity (Wildman–Crippen MR) is 79.9 cm³/mol. The number of hydrogen-bond acceptors (Lipinski definition) is 3. The Kier molecular flexibility index (Phi) is 4.90. The molecule has 0 aliphatic heterocycles. The number of rotatable bonds is 5. The van der Waals surface area contributed by atoms with Crippen LogP contribution in [0.5, 0.6) is 0 Å². The molecule has 0 radical (unpaired) electrons. The van der Waals surface area contributed by atoms with E-state index in [9.17, 15) is 9.00 Å². The molecule has 0 fully saturated rings. The van der Waals surface area contributed by atoms with E-state index in [-0.39, 0.29) is 6.42 Å². The Hall–Kier alpha value is -0.980. The largest absolute Gasteiger partial charge is 0.481 e. The van der Waals surface area contributed by atoms with Crippen molar-refractivity contribution < 1.29 is 14.1 Å². The van der Waals surface area contributed by atoms with Crippen molar-refractivity contribution in [2.45, 2.75) is 17.1 Å². The first-order valence-corrected chi connectivity index (χ1v) is 8.41. The molecule has 1 atom stereocenters. The average molecular weight is 359 g/mol. The van der Waals surface area contributed by atoms with Crippen LogP contribution in [0.25, 0.3) is 0 Å². The van der Waals surface area contributed by atoms with E-state index in [1.54, 1.807) is 35.6 Å². The molecular formula is C13H11BrO3S2. The van der Waals surface area contributed by atoms with Gasteiger partial charge in [-0.15, -0.1) is 11.3 Å². The van der Waals surface area contributed by atoms with E-state index in [0.29, 0.717) is 11.3 Å². The molecule has 100 valence electrons. The van der Waals surface area contributed by atoms with Crippen LogP contribution in [0.3, 0.4) is 0 Å². The van der Waals surface area contributed by atoms with E-state index >= 15 is 0 Å². The normalized spacial score (nSPS) is 12.3. The summed E-state index contributed by atoms with van der Waals surface area (Å²) in [5, 5.41) is 8.68. The van der Waals surface area contributed by atoms with Crippen LogP contribution in [0.1, 0.15) is 10.4 Å². The third-order valence-electron chi connectivity index (χ3n) is 2.44. The first kappa shape index (κ1) is 14.4. The molecule has 1 N–H and O–H groups in total. The van der Waals surface area contributed by atoms with Crippen LogP contribution in [-0.4, -0.2) is 15.3 Å². The van der Waals surface area contributed by atoms with Gasteiger partial charge in [-0.25, -0.2) is 0 Å². The van der Waals surface area contributed by atoms with Gasteiger partial charge < -0.3 is 5.11 Å². The quantitative estimate of drug-likeness (QED) is 0.890. The minimum atomic E-state index is -1.10. The molecule has 0 spiro atoms. The highest BCUT2D eigenvalue weighted by Crippen LogP contribution is 2.24. The third kappa shape index (κ3) is 4.26. The number of carboxylic acid groups (broad SMARTS) is 1. The van der Waals surface area contributed by atoms with E-state index in [4.69, 9.17) is 5.11 Å². The molecule has 0 aliphatic carbocycles. The summed E-state index contributed by atoms with van der Waals surface area (Å²) >= 11 is 4.94. The molecule has 0 saturated carbocycles. The molecule has 3 nitrogen and oxygen atoms in total. The lowest BCUT2D eigenvalue weighted by Gasteiger charge is -2.02. The van der Waals surface area contributed by atoms with Gasteiger partial charge in [0, 0.05) is 9.77 Å². The van der Waals surface area contributed by atoms with Crippen molar-refractivity contribution >= 4 is 44.0 Å². The summed E-state index contributed by atoms with van der Waals surface area (Å²) in [4.78, 5) is 12.3. The Balaban J connectivity index is 2.05. The fourth-order valence-corrected chi connectivity index (χ4v) is 4.37. The molecule has 1 unspecified atom stereocenters. The second-order valence-corrected chi connectivity index (χ2v) is 7.91. The molecule has 0 aliphatic rings. The molecule has 6 heteroatoms. The Morgan fingerprint density at radius 3 is 2.42 bits per heavy atom. The van der Waals surface area contributed by atoms with Gasteiger partial charge in [-0.2, -0.15) is 0 Å². The van der Waals surface area contributed by atoms with E-state index in [1.165, 1.54) is 0 Å². The number of benzene rings is 1. The zero-order chi connectivity index (χ0) is 13.8. The lowest BCUT2D eigenvalue weighted by molar-refractivity contribution is -0.136. The Morgan fingerprint density at radius 2 is 1.89 bits per heavy atom. The van der Waals surface area contributed by atoms with Gasteiger partial charge in [0.2, 0.25) is 0 Å². The van der Waals surface area contributed by atoms with Gasteiger partial charge in [0.15, 0.2) is 0 Å². The maximum Gasteiger partial charge on any atom is 0.307 e. The number of carboxylic acids is 1. The van der Waals surface area contributed by atoms with Crippen molar-refractivity contribution in [3.8, 4) is 0 Å². The minimum absolute atomic E-state index is 0.00914. The molecule has 0 amide bonds. The van der Waals surface area contributed by atoms with Crippen molar-refractivity contribution in [3.05, 3.63) is 50.6 Å². The number of carbonyl (C=O) groups is 1. The first-order chi connectivity index (χ1) is 9.04. The van der Waals surface area contributed by atoms with Gasteiger partial charge >= 0.3 is 5.97 Å². The van der Waals surface area contributed by atoms with Crippen LogP contribution >= 0.6 is 27.3 Å². The summed E-state index contributed by atoms with van der Waals surface area (Å²) in [5.74, 6) is -0.383. The molecule has 2 aromatic rings. The lowest BCUT2D eigenvalue weighted by Crippen LogP contribution is -2.00. The maximum atomic E-state index is 12.1. The summed E-state index contributed by atoms with van der Waals surface area (Å²) in [6.45, 7) is 0. The standard InChI is InChI=1S/C13H11BrO3S2/c14-12-6-3-10(18-12)8-19(17)11-4-1-9(2-5-11)7-13(15)16/h1-6H,7-8H2,(H,15,16). The highest BCUT2D eigenvalue weighted by molar-refractivity contribution is 9.11. The SMILES string of the molecule is O=C(O)Cc1ccc(S(=O)Cc2ccc(Br)s2)cc1. The highest BCUT2D eigenvalue weighted by atomic mass is 79.9. The van der Waals surface area contributed by atoms with E-state index in [0.717, 1.165) is 13.6 Å². The molecule has 0 saturated heterocycles. The fourth-order valence-electron chi connectivity index (χ4n) is 1.58. The summed E-state index contributed by atoms with van der Waals surface area (Å²) in [5.41, 5.74) is 0.715. The van der Waals surface area contributed by atoms with Gasteiger partial charge in [0.1, 0.15) is 0 Å². The van der Waals surface area contributed by atoms with Crippen molar-refractivity contribution in [3.63, 3.8) is 0 Å². The average Bonchev–Trinajstić information content (AvgIpc) is 2.75. The van der Waals surface area contributed by atoms with Crippen molar-refractivity contribution in [1.29, 1.82) is 0 Å². The fraction of sp³-hybridized carbons (Fsp3) is 0.154. The smallest absolute Gasteiger partial charge is 0.307 e. The molecule has 2 rings (SSSR count). The van der Waals surface area contributed by atoms with Gasteiger partial charge in [0.25, 0.3) is 0 Å². The van der Waals surface area contributed by atoms with Crippen LogP contribution < -0.4 is 0 Å². The second-order valence-electron chi connectivity index (χ2n) is 3.91. The summed E-state index contributed by atoms with van der Waals surface area (Å²) < 4.78 is 13.2. The number of thiophene rings is 1. The lowest BCUT2D eigenvalue weighted by atomic mass is 10.2. The topological polar surface area (TPSA) is 54.4 Å². The van der Waals surface area contributed by atoms with E-state index in [1.807, 2.05) is 12.1 Å². The molecule has 19 heavy (non-hydrogen) atoms. The van der Waals surface area contributed by atoms with Crippen LogP contribution in [0.4, 0.5) is 0 Å². The number of aliphatic carboxylic acids is 1. The van der Waals surface area contributed by atoms with Crippen LogP contribution in [0, 0.1) is 0 Å². The Bertz CT molecular complexity index is 605. The highest BCUT2D eigenvalue weighted by Gasteiger charge is 2.08. The van der Waals surface area contributed by atoms with Crippen LogP contribution in [0.2, 0.25) is 0 Å². The molecular weight excluding hydrogens is 348 g/mol. The van der Waals surface area contributed by atoms with Gasteiger partial charge in [-0.05, 0) is 45.8 Å². The second kappa shape index (κ2) is 6.45. The monoisotopic (exact) mass is 358 g/mol. The van der Waals surface area contributed by atoms with Crippen LogP contribution in [-0.2, 0) is 27.8 Å². The number of hydrogen-bond donors (Lipinski definition) is 1. The van der Waals surface area contributed by atoms with Crippen molar-refractivity contribution in [2.24, 2.45) is 0 Å². The molecule has 1 aromatic carbocycles. The zero-order valence-corrected chi connectivity index (χ0v) is 13.1. The van der Waals surface area contributed by atoms with E-state index < -0.39 is 16.8 Å². The van der Waals surface area contributed by atoms with Crippen LogP contribution in [0.15, 0.2) is 45.1 Å². The zero-order valence-electron chi connectivity index (χ0n) is 9.84. The third-order valence-corrected chi connectivity index (χ3v) is 5.62. The van der Waals surface area contributed by atoms with Gasteiger partial charge in [-0.3, -0.25) is 9.00 Å². The summed E-state index contributed by atoms with van der Waals surface area (Å²) in [6.07, 6.45) is -0.00914. The predicted octanol–water partition coefficient (Wildman–Crippen LogP) is 3.45. The molecule has 1 heterocycles. The minimum Gasteiger partial charge on any atom is -0.481 e. The first-order valence-electron chi connectivity index (χ1n) is 5.48. The van der Waals surface area contributed by atoms with Gasteiger partial charge in [0.05, 0.1) is 26.8 Å². The summed E-state index contributed by atoms with van der Waals surface area (Å²) in [6, 6.07) is 10.8. The number of halogens is 1. The molecule has 1 aromatic heterocycles. The van der Waals surface area contributed by atoms with Gasteiger partial charge in [-0.1, -0.05) is 12.1 Å². The Morgan fingerprint density at radius 1 is 1.21 bits per heavy atom. The maximum absolute atomic E-state index is 12.1.